The maximum absolute atomic E-state index is 12.3. The number of carboxylic acid groups (broad SMARTS) is 1. The number of hydrogen-bond donors (Lipinski definition) is 2. The van der Waals surface area contributed by atoms with E-state index in [0.29, 0.717) is 29.2 Å². The molecule has 3 aromatic rings. The average Bonchev–Trinajstić information content (AvgIpc) is 3.19. The summed E-state index contributed by atoms with van der Waals surface area (Å²) in [7, 11) is 0. The van der Waals surface area contributed by atoms with Gasteiger partial charge in [0.25, 0.3) is 5.91 Å². The molecule has 0 aliphatic carbocycles. The molecule has 0 spiro atoms. The van der Waals surface area contributed by atoms with Crippen molar-refractivity contribution in [2.45, 2.75) is 13.5 Å². The molecule has 3 rings (SSSR count). The van der Waals surface area contributed by atoms with Gasteiger partial charge in [-0.3, -0.25) is 4.79 Å². The molecule has 1 heterocycles. The number of furan rings is 1. The monoisotopic (exact) mass is 386 g/mol. The molecule has 0 aliphatic rings. The molecule has 0 radical (unpaired) electrons. The first-order valence-electron chi connectivity index (χ1n) is 8.86. The third-order valence-electron chi connectivity index (χ3n) is 4.40. The van der Waals surface area contributed by atoms with E-state index in [1.54, 1.807) is 31.2 Å². The van der Waals surface area contributed by atoms with E-state index in [1.165, 1.54) is 12.1 Å². The molecule has 6 nitrogen and oxygen atoms in total. The van der Waals surface area contributed by atoms with Gasteiger partial charge in [-0.2, -0.15) is 5.26 Å². The Bertz CT molecular complexity index is 1120. The molecular weight excluding hydrogens is 368 g/mol. The van der Waals surface area contributed by atoms with Crippen LogP contribution in [-0.2, 0) is 11.3 Å². The van der Waals surface area contributed by atoms with Crippen molar-refractivity contribution in [1.29, 1.82) is 5.26 Å². The van der Waals surface area contributed by atoms with Crippen LogP contribution in [0.4, 0.5) is 0 Å². The van der Waals surface area contributed by atoms with Crippen LogP contribution in [-0.4, -0.2) is 17.0 Å². The second kappa shape index (κ2) is 8.72. The zero-order chi connectivity index (χ0) is 20.8. The third-order valence-corrected chi connectivity index (χ3v) is 4.40. The van der Waals surface area contributed by atoms with Crippen molar-refractivity contribution in [1.82, 2.24) is 5.32 Å². The van der Waals surface area contributed by atoms with Gasteiger partial charge in [-0.25, -0.2) is 4.79 Å². The number of rotatable bonds is 6. The van der Waals surface area contributed by atoms with Crippen molar-refractivity contribution in [3.8, 4) is 17.4 Å². The van der Waals surface area contributed by atoms with E-state index in [1.807, 2.05) is 36.4 Å². The van der Waals surface area contributed by atoms with Gasteiger partial charge < -0.3 is 14.8 Å². The van der Waals surface area contributed by atoms with Crippen LogP contribution in [0.5, 0.6) is 0 Å². The Morgan fingerprint density at radius 3 is 2.55 bits per heavy atom. The van der Waals surface area contributed by atoms with Gasteiger partial charge >= 0.3 is 5.97 Å². The summed E-state index contributed by atoms with van der Waals surface area (Å²) in [6.07, 6.45) is 1.36. The molecule has 1 aromatic heterocycles. The van der Waals surface area contributed by atoms with Crippen LogP contribution >= 0.6 is 0 Å². The Labute approximate surface area is 167 Å². The van der Waals surface area contributed by atoms with Crippen LogP contribution in [0.1, 0.15) is 27.2 Å². The summed E-state index contributed by atoms with van der Waals surface area (Å²) in [6.45, 7) is 2.01. The largest absolute Gasteiger partial charge is 0.478 e. The highest BCUT2D eigenvalue weighted by Gasteiger charge is 2.15. The Balaban J connectivity index is 1.79. The van der Waals surface area contributed by atoms with Crippen LogP contribution in [0, 0.1) is 18.3 Å². The van der Waals surface area contributed by atoms with Gasteiger partial charge in [0.15, 0.2) is 0 Å². The summed E-state index contributed by atoms with van der Waals surface area (Å²) in [5, 5.41) is 21.3. The highest BCUT2D eigenvalue weighted by Crippen LogP contribution is 2.28. The van der Waals surface area contributed by atoms with E-state index in [4.69, 9.17) is 4.42 Å². The van der Waals surface area contributed by atoms with Crippen molar-refractivity contribution in [3.05, 3.63) is 88.7 Å². The Morgan fingerprint density at radius 2 is 1.86 bits per heavy atom. The Kier molecular flexibility index (Phi) is 5.91. The van der Waals surface area contributed by atoms with Crippen LogP contribution in [0.2, 0.25) is 0 Å². The molecule has 0 aliphatic heterocycles. The smallest absolute Gasteiger partial charge is 0.335 e. The van der Waals surface area contributed by atoms with Crippen molar-refractivity contribution in [2.24, 2.45) is 0 Å². The first-order valence-corrected chi connectivity index (χ1v) is 8.86. The summed E-state index contributed by atoms with van der Waals surface area (Å²) < 4.78 is 5.73. The predicted molar refractivity (Wildman–Crippen MR) is 108 cm³/mol. The Hall–Kier alpha value is -4.11. The minimum absolute atomic E-state index is 0.0853. The van der Waals surface area contributed by atoms with E-state index in [2.05, 4.69) is 5.32 Å². The summed E-state index contributed by atoms with van der Waals surface area (Å²) in [5.41, 5.74) is 2.24. The van der Waals surface area contributed by atoms with Crippen molar-refractivity contribution in [3.63, 3.8) is 0 Å². The predicted octanol–water partition coefficient (Wildman–Crippen LogP) is 4.18. The number of carbonyl (C=O) groups excluding carboxylic acids is 1. The van der Waals surface area contributed by atoms with E-state index < -0.39 is 11.9 Å². The summed E-state index contributed by atoms with van der Waals surface area (Å²) in [5.74, 6) is -0.735. The molecule has 0 unspecified atom stereocenters. The van der Waals surface area contributed by atoms with Gasteiger partial charge in [-0.1, -0.05) is 42.5 Å². The van der Waals surface area contributed by atoms with E-state index in [9.17, 15) is 20.0 Å². The fourth-order valence-corrected chi connectivity index (χ4v) is 2.87. The molecule has 2 aromatic carbocycles. The second-order valence-corrected chi connectivity index (χ2v) is 6.32. The highest BCUT2D eigenvalue weighted by molar-refractivity contribution is 6.01. The van der Waals surface area contributed by atoms with Gasteiger partial charge in [0.2, 0.25) is 0 Å². The van der Waals surface area contributed by atoms with Gasteiger partial charge in [0.1, 0.15) is 23.2 Å². The highest BCUT2D eigenvalue weighted by atomic mass is 16.4. The molecule has 0 atom stereocenters. The lowest BCUT2D eigenvalue weighted by Gasteiger charge is -2.06. The molecule has 29 heavy (non-hydrogen) atoms. The molecule has 2 N–H and O–H groups in total. The lowest BCUT2D eigenvalue weighted by atomic mass is 10.0. The molecule has 0 fully saturated rings. The van der Waals surface area contributed by atoms with Crippen LogP contribution in [0.25, 0.3) is 17.4 Å². The third kappa shape index (κ3) is 4.60. The number of nitriles is 1. The number of amides is 1. The topological polar surface area (TPSA) is 103 Å². The average molecular weight is 386 g/mol. The van der Waals surface area contributed by atoms with Crippen molar-refractivity contribution in [2.75, 3.05) is 0 Å². The van der Waals surface area contributed by atoms with Gasteiger partial charge in [0.05, 0.1) is 5.56 Å². The van der Waals surface area contributed by atoms with Crippen molar-refractivity contribution >= 4 is 18.0 Å². The molecular formula is C23H18N2O4. The summed E-state index contributed by atoms with van der Waals surface area (Å²) in [4.78, 5) is 23.6. The molecule has 0 bridgehead atoms. The quantitative estimate of drug-likeness (QED) is 0.489. The lowest BCUT2D eigenvalue weighted by Crippen LogP contribution is -2.23. The number of carbonyl (C=O) groups is 2. The maximum Gasteiger partial charge on any atom is 0.335 e. The van der Waals surface area contributed by atoms with E-state index >= 15 is 0 Å². The molecule has 0 saturated heterocycles. The molecule has 6 heteroatoms. The molecule has 1 amide bonds. The minimum Gasteiger partial charge on any atom is -0.478 e. The van der Waals surface area contributed by atoms with Crippen LogP contribution in [0.3, 0.4) is 0 Å². The zero-order valence-corrected chi connectivity index (χ0v) is 15.7. The van der Waals surface area contributed by atoms with Crippen molar-refractivity contribution < 1.29 is 19.1 Å². The van der Waals surface area contributed by atoms with Crippen LogP contribution in [0.15, 0.2) is 70.7 Å². The lowest BCUT2D eigenvalue weighted by molar-refractivity contribution is -0.117. The SMILES string of the molecule is Cc1c(C(=O)O)cccc1-c1ccc(/C=C(\C#N)C(=O)NCc2ccccc2)o1. The van der Waals surface area contributed by atoms with E-state index in [-0.39, 0.29) is 11.1 Å². The first-order chi connectivity index (χ1) is 14.0. The number of aromatic carboxylic acids is 1. The second-order valence-electron chi connectivity index (χ2n) is 6.32. The van der Waals surface area contributed by atoms with Crippen LogP contribution < -0.4 is 5.32 Å². The number of carboxylic acids is 1. The number of nitrogens with one attached hydrogen (secondary N) is 1. The number of benzene rings is 2. The fraction of sp³-hybridized carbons (Fsp3) is 0.0870. The summed E-state index contributed by atoms with van der Waals surface area (Å²) in [6, 6.07) is 19.5. The number of hydrogen-bond acceptors (Lipinski definition) is 4. The molecule has 0 saturated carbocycles. The van der Waals surface area contributed by atoms with Gasteiger partial charge in [0, 0.05) is 18.2 Å². The minimum atomic E-state index is -1.02. The summed E-state index contributed by atoms with van der Waals surface area (Å²) >= 11 is 0. The molecule has 144 valence electrons. The Morgan fingerprint density at radius 1 is 1.10 bits per heavy atom. The maximum atomic E-state index is 12.3. The normalized spacial score (nSPS) is 11.0. The van der Waals surface area contributed by atoms with E-state index in [0.717, 1.165) is 5.56 Å². The van der Waals surface area contributed by atoms with Gasteiger partial charge in [-0.05, 0) is 36.2 Å². The standard InChI is InChI=1S/C23H18N2O4/c1-15-19(8-5-9-20(15)23(27)28)21-11-10-18(29-21)12-17(13-24)22(26)25-14-16-6-3-2-4-7-16/h2-12H,14H2,1H3,(H,25,26)(H,27,28)/b17-12+. The first kappa shape index (κ1) is 19.6. The fourth-order valence-electron chi connectivity index (χ4n) is 2.87. The zero-order valence-electron chi connectivity index (χ0n) is 15.7. The number of nitrogens with zero attached hydrogens (tertiary/aromatic N) is 1. The van der Waals surface area contributed by atoms with Gasteiger partial charge in [-0.15, -0.1) is 0 Å².